The number of anilines is 1. The molecule has 3 heterocycles. The van der Waals surface area contributed by atoms with Crippen LogP contribution in [0.15, 0.2) is 42.6 Å². The fourth-order valence-electron chi connectivity index (χ4n) is 5.12. The highest BCUT2D eigenvalue weighted by Crippen LogP contribution is 2.32. The molecule has 6 nitrogen and oxygen atoms in total. The van der Waals surface area contributed by atoms with Gasteiger partial charge in [-0.1, -0.05) is 29.3 Å². The molecule has 2 aliphatic rings. The van der Waals surface area contributed by atoms with Gasteiger partial charge in [0.2, 0.25) is 5.91 Å². The predicted molar refractivity (Wildman–Crippen MR) is 134 cm³/mol. The van der Waals surface area contributed by atoms with Gasteiger partial charge < -0.3 is 15.1 Å². The summed E-state index contributed by atoms with van der Waals surface area (Å²) in [5.41, 5.74) is 3.20. The molecule has 174 valence electrons. The van der Waals surface area contributed by atoms with E-state index in [0.717, 1.165) is 61.2 Å². The molecule has 33 heavy (non-hydrogen) atoms. The van der Waals surface area contributed by atoms with Gasteiger partial charge in [0.15, 0.2) is 0 Å². The molecule has 3 atom stereocenters. The SMILES string of the molecule is CC1CN(c2ccc3cnn([C@H](C)c4ccc(Cl)cc4Cl)c3c2)CCN1C(=O)C1CCCN1. The first-order valence-electron chi connectivity index (χ1n) is 11.6. The minimum Gasteiger partial charge on any atom is -0.368 e. The fraction of sp³-hybridized carbons (Fsp3) is 0.440. The Bertz CT molecular complexity index is 1170. The monoisotopic (exact) mass is 485 g/mol. The maximum absolute atomic E-state index is 12.9. The standard InChI is InChI=1S/C25H29Cl2N5O/c1-16-15-30(10-11-31(16)25(33)23-4-3-9-28-23)20-7-5-18-14-29-32(24(18)13-20)17(2)21-8-6-19(26)12-22(21)27/h5-8,12-14,16-17,23,28H,3-4,9-11,15H2,1-2H3/t16?,17-,23?/m1/s1. The van der Waals surface area contributed by atoms with Gasteiger partial charge in [-0.2, -0.15) is 5.10 Å². The van der Waals surface area contributed by atoms with Crippen LogP contribution in [0.25, 0.3) is 10.9 Å². The third kappa shape index (κ3) is 4.32. The molecule has 0 radical (unpaired) electrons. The van der Waals surface area contributed by atoms with Crippen molar-refractivity contribution in [1.82, 2.24) is 20.0 Å². The quantitative estimate of drug-likeness (QED) is 0.579. The lowest BCUT2D eigenvalue weighted by Crippen LogP contribution is -2.57. The second-order valence-corrected chi connectivity index (χ2v) is 9.99. The number of hydrogen-bond donors (Lipinski definition) is 1. The van der Waals surface area contributed by atoms with Crippen LogP contribution in [-0.4, -0.2) is 58.9 Å². The second-order valence-electron chi connectivity index (χ2n) is 9.15. The third-order valence-electron chi connectivity index (χ3n) is 7.00. The average Bonchev–Trinajstić information content (AvgIpc) is 3.48. The zero-order chi connectivity index (χ0) is 23.1. The maximum atomic E-state index is 12.9. The van der Waals surface area contributed by atoms with Gasteiger partial charge in [0.1, 0.15) is 0 Å². The molecule has 0 bridgehead atoms. The number of piperazine rings is 1. The summed E-state index contributed by atoms with van der Waals surface area (Å²) in [6.07, 6.45) is 3.92. The molecule has 1 amide bonds. The van der Waals surface area contributed by atoms with Crippen molar-refractivity contribution in [3.05, 3.63) is 58.2 Å². The summed E-state index contributed by atoms with van der Waals surface area (Å²) < 4.78 is 2.02. The normalized spacial score (nSPS) is 22.2. The van der Waals surface area contributed by atoms with Crippen molar-refractivity contribution >= 4 is 45.7 Å². The summed E-state index contributed by atoms with van der Waals surface area (Å²) in [6.45, 7) is 7.56. The first-order chi connectivity index (χ1) is 15.9. The molecule has 8 heteroatoms. The molecule has 2 unspecified atom stereocenters. The van der Waals surface area contributed by atoms with E-state index in [2.05, 4.69) is 47.4 Å². The van der Waals surface area contributed by atoms with E-state index in [1.165, 1.54) is 0 Å². The number of carbonyl (C=O) groups excluding carboxylic acids is 1. The summed E-state index contributed by atoms with van der Waals surface area (Å²) >= 11 is 12.6. The van der Waals surface area contributed by atoms with Gasteiger partial charge in [-0.25, -0.2) is 0 Å². The Labute approximate surface area is 204 Å². The molecule has 2 aromatic carbocycles. The van der Waals surface area contributed by atoms with Crippen LogP contribution >= 0.6 is 23.2 Å². The van der Waals surface area contributed by atoms with Crippen LogP contribution in [0.4, 0.5) is 5.69 Å². The van der Waals surface area contributed by atoms with Crippen LogP contribution in [0.1, 0.15) is 38.3 Å². The summed E-state index contributed by atoms with van der Waals surface area (Å²) in [4.78, 5) is 17.3. The molecule has 0 saturated carbocycles. The van der Waals surface area contributed by atoms with E-state index in [4.69, 9.17) is 23.2 Å². The van der Waals surface area contributed by atoms with Crippen molar-refractivity contribution < 1.29 is 4.79 Å². The van der Waals surface area contributed by atoms with Crippen molar-refractivity contribution in [2.75, 3.05) is 31.1 Å². The predicted octanol–water partition coefficient (Wildman–Crippen LogP) is 4.74. The topological polar surface area (TPSA) is 53.4 Å². The number of nitrogens with zero attached hydrogens (tertiary/aromatic N) is 4. The Morgan fingerprint density at radius 2 is 2.03 bits per heavy atom. The lowest BCUT2D eigenvalue weighted by Gasteiger charge is -2.42. The summed E-state index contributed by atoms with van der Waals surface area (Å²) in [7, 11) is 0. The molecule has 1 N–H and O–H groups in total. The van der Waals surface area contributed by atoms with Crippen molar-refractivity contribution in [1.29, 1.82) is 0 Å². The number of carbonyl (C=O) groups is 1. The van der Waals surface area contributed by atoms with E-state index in [0.29, 0.717) is 10.0 Å². The summed E-state index contributed by atoms with van der Waals surface area (Å²) in [5.74, 6) is 0.252. The summed E-state index contributed by atoms with van der Waals surface area (Å²) in [5, 5.41) is 10.4. The number of aromatic nitrogens is 2. The molecular weight excluding hydrogens is 457 g/mol. The molecule has 2 aliphatic heterocycles. The molecule has 2 fully saturated rings. The highest BCUT2D eigenvalue weighted by molar-refractivity contribution is 6.35. The maximum Gasteiger partial charge on any atom is 0.240 e. The Kier molecular flexibility index (Phi) is 6.25. The van der Waals surface area contributed by atoms with E-state index in [9.17, 15) is 4.79 Å². The lowest BCUT2D eigenvalue weighted by atomic mass is 10.1. The highest BCUT2D eigenvalue weighted by Gasteiger charge is 2.33. The van der Waals surface area contributed by atoms with Crippen molar-refractivity contribution in [3.8, 4) is 0 Å². The van der Waals surface area contributed by atoms with Gasteiger partial charge >= 0.3 is 0 Å². The fourth-order valence-corrected chi connectivity index (χ4v) is 5.69. The van der Waals surface area contributed by atoms with E-state index in [1.54, 1.807) is 6.07 Å². The molecule has 0 spiro atoms. The van der Waals surface area contributed by atoms with Crippen LogP contribution in [0, 0.1) is 0 Å². The molecule has 1 aromatic heterocycles. The number of benzene rings is 2. The number of fused-ring (bicyclic) bond motifs is 1. The molecule has 0 aliphatic carbocycles. The molecule has 5 rings (SSSR count). The third-order valence-corrected chi connectivity index (χ3v) is 7.56. The van der Waals surface area contributed by atoms with Gasteiger partial charge in [0.25, 0.3) is 0 Å². The van der Waals surface area contributed by atoms with Crippen LogP contribution in [0.3, 0.4) is 0 Å². The smallest absolute Gasteiger partial charge is 0.240 e. The Hall–Kier alpha value is -2.28. The van der Waals surface area contributed by atoms with Gasteiger partial charge in [-0.05, 0) is 69.1 Å². The van der Waals surface area contributed by atoms with Crippen LogP contribution in [0.2, 0.25) is 10.0 Å². The number of nitrogens with one attached hydrogen (secondary N) is 1. The number of rotatable bonds is 4. The highest BCUT2D eigenvalue weighted by atomic mass is 35.5. The number of hydrogen-bond acceptors (Lipinski definition) is 4. The van der Waals surface area contributed by atoms with E-state index < -0.39 is 0 Å². The Morgan fingerprint density at radius 3 is 2.76 bits per heavy atom. The Balaban J connectivity index is 1.37. The van der Waals surface area contributed by atoms with Gasteiger partial charge in [0, 0.05) is 46.8 Å². The van der Waals surface area contributed by atoms with Gasteiger partial charge in [0.05, 0.1) is 23.8 Å². The van der Waals surface area contributed by atoms with E-state index in [-0.39, 0.29) is 24.0 Å². The molecule has 3 aromatic rings. The molecule has 2 saturated heterocycles. The zero-order valence-corrected chi connectivity index (χ0v) is 20.5. The van der Waals surface area contributed by atoms with Crippen molar-refractivity contribution in [2.45, 2.75) is 44.8 Å². The van der Waals surface area contributed by atoms with Crippen LogP contribution in [0.5, 0.6) is 0 Å². The number of halogens is 2. The van der Waals surface area contributed by atoms with E-state index >= 15 is 0 Å². The largest absolute Gasteiger partial charge is 0.368 e. The van der Waals surface area contributed by atoms with Gasteiger partial charge in [-0.15, -0.1) is 0 Å². The number of amides is 1. The first-order valence-corrected chi connectivity index (χ1v) is 12.4. The van der Waals surface area contributed by atoms with Crippen molar-refractivity contribution in [3.63, 3.8) is 0 Å². The average molecular weight is 486 g/mol. The Morgan fingerprint density at radius 1 is 1.18 bits per heavy atom. The van der Waals surface area contributed by atoms with Crippen LogP contribution < -0.4 is 10.2 Å². The van der Waals surface area contributed by atoms with Gasteiger partial charge in [-0.3, -0.25) is 9.48 Å². The molecular formula is C25H29Cl2N5O. The minimum atomic E-state index is -0.0326. The summed E-state index contributed by atoms with van der Waals surface area (Å²) in [6, 6.07) is 12.2. The van der Waals surface area contributed by atoms with Crippen LogP contribution in [-0.2, 0) is 4.79 Å². The minimum absolute atomic E-state index is 0.00844. The van der Waals surface area contributed by atoms with E-state index in [1.807, 2.05) is 27.9 Å². The second kappa shape index (κ2) is 9.16. The first kappa shape index (κ1) is 22.5. The lowest BCUT2D eigenvalue weighted by molar-refractivity contribution is -0.135. The van der Waals surface area contributed by atoms with Crippen molar-refractivity contribution in [2.24, 2.45) is 0 Å². The zero-order valence-electron chi connectivity index (χ0n) is 19.0.